The fraction of sp³-hybridized carbons (Fsp3) is 0.462. The van der Waals surface area contributed by atoms with Gasteiger partial charge < -0.3 is 9.64 Å². The van der Waals surface area contributed by atoms with Crippen LogP contribution >= 0.6 is 0 Å². The van der Waals surface area contributed by atoms with Crippen LogP contribution in [0.15, 0.2) is 28.8 Å². The van der Waals surface area contributed by atoms with E-state index >= 15 is 0 Å². The van der Waals surface area contributed by atoms with Crippen molar-refractivity contribution >= 4 is 17.7 Å². The first-order valence-corrected chi connectivity index (χ1v) is 6.01. The van der Waals surface area contributed by atoms with Crippen molar-refractivity contribution in [3.05, 3.63) is 23.8 Å². The van der Waals surface area contributed by atoms with Crippen LogP contribution in [0.25, 0.3) is 0 Å². The molecule has 0 unspecified atom stereocenters. The van der Waals surface area contributed by atoms with Gasteiger partial charge in [0.15, 0.2) is 0 Å². The molecule has 0 fully saturated rings. The normalized spacial score (nSPS) is 19.1. The molecule has 2 rings (SSSR count). The molecule has 2 amide bonds. The maximum Gasteiger partial charge on any atom is 0.344 e. The van der Waals surface area contributed by atoms with E-state index < -0.39 is 5.97 Å². The van der Waals surface area contributed by atoms with E-state index in [-0.39, 0.29) is 12.6 Å². The Morgan fingerprint density at radius 1 is 1.56 bits per heavy atom. The smallest absolute Gasteiger partial charge is 0.344 e. The monoisotopic (exact) mass is 248 g/mol. The number of rotatable bonds is 3. The molecule has 1 heterocycles. The molecule has 18 heavy (non-hydrogen) atoms. The lowest BCUT2D eigenvalue weighted by Crippen LogP contribution is -2.41. The van der Waals surface area contributed by atoms with Crippen LogP contribution in [0, 0.1) is 0 Å². The molecule has 0 saturated carbocycles. The van der Waals surface area contributed by atoms with E-state index in [0.717, 1.165) is 29.7 Å². The van der Waals surface area contributed by atoms with E-state index in [1.165, 1.54) is 4.90 Å². The summed E-state index contributed by atoms with van der Waals surface area (Å²) < 4.78 is 4.83. The number of fused-ring (bicyclic) bond motifs is 1. The first-order chi connectivity index (χ1) is 8.60. The molecule has 0 bridgehead atoms. The van der Waals surface area contributed by atoms with Crippen molar-refractivity contribution in [3.8, 4) is 0 Å². The van der Waals surface area contributed by atoms with Crippen LogP contribution in [0.5, 0.6) is 0 Å². The highest BCUT2D eigenvalue weighted by molar-refractivity contribution is 6.10. The number of allylic oxidation sites excluding steroid dienone is 2. The van der Waals surface area contributed by atoms with Gasteiger partial charge in [-0.15, -0.1) is 0 Å². The molecule has 0 radical (unpaired) electrons. The summed E-state index contributed by atoms with van der Waals surface area (Å²) >= 11 is 0. The van der Waals surface area contributed by atoms with Gasteiger partial charge in [-0.1, -0.05) is 18.2 Å². The highest BCUT2D eigenvalue weighted by atomic mass is 16.5. The molecule has 1 aliphatic carbocycles. The van der Waals surface area contributed by atoms with Crippen molar-refractivity contribution in [2.45, 2.75) is 19.8 Å². The van der Waals surface area contributed by atoms with Crippen molar-refractivity contribution < 1.29 is 14.3 Å². The van der Waals surface area contributed by atoms with Gasteiger partial charge in [-0.25, -0.2) is 4.79 Å². The summed E-state index contributed by atoms with van der Waals surface area (Å²) in [7, 11) is 0. The van der Waals surface area contributed by atoms with Crippen LogP contribution in [-0.2, 0) is 9.53 Å². The molecule has 0 aromatic carbocycles. The van der Waals surface area contributed by atoms with Crippen molar-refractivity contribution in [1.82, 2.24) is 4.90 Å². The van der Waals surface area contributed by atoms with Crippen LogP contribution in [0.4, 0.5) is 4.79 Å². The Morgan fingerprint density at radius 3 is 3.06 bits per heavy atom. The minimum absolute atomic E-state index is 0.0483. The molecule has 0 aromatic rings. The third kappa shape index (κ3) is 2.67. The van der Waals surface area contributed by atoms with Crippen molar-refractivity contribution in [2.75, 3.05) is 19.7 Å². The Labute approximate surface area is 106 Å². The van der Waals surface area contributed by atoms with E-state index in [9.17, 15) is 9.59 Å². The summed E-state index contributed by atoms with van der Waals surface area (Å²) in [6.07, 6.45) is 3.55. The molecule has 5 nitrogen and oxygen atoms in total. The van der Waals surface area contributed by atoms with Gasteiger partial charge in [0.2, 0.25) is 0 Å². The number of nitrogens with zero attached hydrogens (tertiary/aromatic N) is 2. The van der Waals surface area contributed by atoms with Gasteiger partial charge in [0.1, 0.15) is 6.54 Å². The number of carbonyl (C=O) groups excluding carboxylic acids is 2. The highest BCUT2D eigenvalue weighted by Crippen LogP contribution is 2.23. The number of hydrogen-bond acceptors (Lipinski definition) is 3. The summed E-state index contributed by atoms with van der Waals surface area (Å²) in [5.74, 6) is -0.403. The summed E-state index contributed by atoms with van der Waals surface area (Å²) in [5, 5.41) is 0. The third-order valence-electron chi connectivity index (χ3n) is 2.92. The van der Waals surface area contributed by atoms with Crippen LogP contribution in [0.1, 0.15) is 19.8 Å². The maximum atomic E-state index is 11.8. The Morgan fingerprint density at radius 2 is 2.33 bits per heavy atom. The van der Waals surface area contributed by atoms with Gasteiger partial charge >= 0.3 is 12.0 Å². The molecule has 96 valence electrons. The fourth-order valence-electron chi connectivity index (χ4n) is 2.05. The van der Waals surface area contributed by atoms with E-state index in [1.807, 2.05) is 6.08 Å². The van der Waals surface area contributed by atoms with Gasteiger partial charge in [0.25, 0.3) is 0 Å². The van der Waals surface area contributed by atoms with Crippen LogP contribution in [0.2, 0.25) is 0 Å². The number of carbonyl (C=O) groups is 2. The lowest BCUT2D eigenvalue weighted by molar-refractivity contribution is -0.143. The molecule has 2 aliphatic rings. The van der Waals surface area contributed by atoms with Gasteiger partial charge in [-0.3, -0.25) is 4.79 Å². The van der Waals surface area contributed by atoms with E-state index in [0.29, 0.717) is 13.2 Å². The van der Waals surface area contributed by atoms with Gasteiger partial charge in [0.05, 0.1) is 12.3 Å². The minimum atomic E-state index is -0.403. The molecule has 0 spiro atoms. The average molecular weight is 248 g/mol. The minimum Gasteiger partial charge on any atom is -0.465 e. The zero-order valence-corrected chi connectivity index (χ0v) is 10.4. The second-order valence-corrected chi connectivity index (χ2v) is 4.33. The largest absolute Gasteiger partial charge is 0.465 e. The second-order valence-electron chi connectivity index (χ2n) is 4.33. The lowest BCUT2D eigenvalue weighted by Gasteiger charge is -2.28. The predicted molar refractivity (Wildman–Crippen MR) is 67.5 cm³/mol. The summed E-state index contributed by atoms with van der Waals surface area (Å²) in [6.45, 7) is 6.33. The standard InChI is InChI=1S/C13H16N2O3/c1-3-18-12(16)8-15-7-10-6-9(2)4-5-11(10)14-13(15)17/h6H,2-5,7-8H2,1H3. The summed E-state index contributed by atoms with van der Waals surface area (Å²) in [4.78, 5) is 28.5. The number of hydrogen-bond donors (Lipinski definition) is 0. The number of amides is 2. The lowest BCUT2D eigenvalue weighted by atomic mass is 9.93. The first-order valence-electron chi connectivity index (χ1n) is 6.01. The van der Waals surface area contributed by atoms with Gasteiger partial charge in [0, 0.05) is 6.54 Å². The molecule has 5 heteroatoms. The molecular formula is C13H16N2O3. The quantitative estimate of drug-likeness (QED) is 0.714. The maximum absolute atomic E-state index is 11.8. The molecule has 0 saturated heterocycles. The molecular weight excluding hydrogens is 232 g/mol. The highest BCUT2D eigenvalue weighted by Gasteiger charge is 2.27. The number of ether oxygens (including phenoxy) is 1. The van der Waals surface area contributed by atoms with Crippen LogP contribution in [-0.4, -0.2) is 42.3 Å². The SMILES string of the molecule is C=C1C=C2CN(CC(=O)OCC)C(=O)N=C2CC1. The topological polar surface area (TPSA) is 59.0 Å². The van der Waals surface area contributed by atoms with Gasteiger partial charge in [-0.05, 0) is 25.3 Å². The van der Waals surface area contributed by atoms with E-state index in [1.54, 1.807) is 6.92 Å². The van der Waals surface area contributed by atoms with Crippen molar-refractivity contribution in [3.63, 3.8) is 0 Å². The second kappa shape index (κ2) is 5.16. The molecule has 0 N–H and O–H groups in total. The zero-order valence-electron chi connectivity index (χ0n) is 10.4. The van der Waals surface area contributed by atoms with Crippen LogP contribution < -0.4 is 0 Å². The Bertz CT molecular complexity index is 463. The van der Waals surface area contributed by atoms with Crippen LogP contribution in [0.3, 0.4) is 0 Å². The summed E-state index contributed by atoms with van der Waals surface area (Å²) in [6, 6.07) is -0.359. The number of aliphatic imine (C=N–C) groups is 1. The molecule has 0 atom stereocenters. The fourth-order valence-corrected chi connectivity index (χ4v) is 2.05. The third-order valence-corrected chi connectivity index (χ3v) is 2.92. The summed E-state index contributed by atoms with van der Waals surface area (Å²) in [5.41, 5.74) is 2.84. The Hall–Kier alpha value is -1.91. The predicted octanol–water partition coefficient (Wildman–Crippen LogP) is 1.70. The van der Waals surface area contributed by atoms with E-state index in [4.69, 9.17) is 4.74 Å². The Balaban J connectivity index is 2.10. The number of esters is 1. The average Bonchev–Trinajstić information content (AvgIpc) is 2.31. The molecule has 0 aromatic heterocycles. The number of urea groups is 1. The first kappa shape index (κ1) is 12.5. The van der Waals surface area contributed by atoms with Crippen molar-refractivity contribution in [1.29, 1.82) is 0 Å². The zero-order chi connectivity index (χ0) is 13.1. The van der Waals surface area contributed by atoms with Gasteiger partial charge in [-0.2, -0.15) is 4.99 Å². The van der Waals surface area contributed by atoms with E-state index in [2.05, 4.69) is 11.6 Å². The molecule has 1 aliphatic heterocycles. The van der Waals surface area contributed by atoms with Crippen molar-refractivity contribution in [2.24, 2.45) is 4.99 Å². The Kier molecular flexibility index (Phi) is 3.60.